The Hall–Kier alpha value is -0.770. The highest BCUT2D eigenvalue weighted by Gasteiger charge is 2.26. The minimum absolute atomic E-state index is 0.310. The van der Waals surface area contributed by atoms with Crippen molar-refractivity contribution in [3.63, 3.8) is 0 Å². The second-order valence-electron chi connectivity index (χ2n) is 5.09. The third-order valence-corrected chi connectivity index (χ3v) is 3.59. The highest BCUT2D eigenvalue weighted by molar-refractivity contribution is 5.79. The van der Waals surface area contributed by atoms with E-state index >= 15 is 0 Å². The maximum absolute atomic E-state index is 8.45. The zero-order chi connectivity index (χ0) is 12.0. The Morgan fingerprint density at radius 2 is 2.12 bits per heavy atom. The van der Waals surface area contributed by atoms with Crippen molar-refractivity contribution in [1.82, 2.24) is 5.32 Å². The molecule has 2 unspecified atom stereocenters. The van der Waals surface area contributed by atoms with E-state index in [-0.39, 0.29) is 0 Å². The molecule has 1 rings (SSSR count). The lowest BCUT2D eigenvalue weighted by molar-refractivity contribution is 0.207. The number of hydrogen-bond donors (Lipinski definition) is 3. The van der Waals surface area contributed by atoms with Crippen LogP contribution in [0.25, 0.3) is 0 Å². The maximum Gasteiger partial charge on any atom is 0.140 e. The van der Waals surface area contributed by atoms with Crippen LogP contribution < -0.4 is 11.1 Å². The van der Waals surface area contributed by atoms with Crippen LogP contribution in [0.1, 0.15) is 46.0 Å². The smallest absolute Gasteiger partial charge is 0.140 e. The standard InChI is InChI=1S/C12H25N3O/c1-9(2)10-5-3-4-6-11(10)14-8-7-12(13)15-16/h9-11,14,16H,3-8H2,1-2H3,(H2,13,15). The lowest BCUT2D eigenvalue weighted by atomic mass is 9.78. The minimum atomic E-state index is 0.310. The number of oxime groups is 1. The number of nitrogens with two attached hydrogens (primary N) is 1. The number of hydrogen-bond acceptors (Lipinski definition) is 3. The average Bonchev–Trinajstić information content (AvgIpc) is 2.29. The summed E-state index contributed by atoms with van der Waals surface area (Å²) in [5, 5.41) is 15.0. The molecule has 4 N–H and O–H groups in total. The maximum atomic E-state index is 8.45. The van der Waals surface area contributed by atoms with Gasteiger partial charge in [0.2, 0.25) is 0 Å². The molecule has 0 aliphatic heterocycles. The molecule has 0 aromatic rings. The molecule has 16 heavy (non-hydrogen) atoms. The fourth-order valence-corrected chi connectivity index (χ4v) is 2.65. The van der Waals surface area contributed by atoms with Crippen LogP contribution in [0.4, 0.5) is 0 Å². The van der Waals surface area contributed by atoms with Crippen molar-refractivity contribution in [1.29, 1.82) is 0 Å². The third-order valence-electron chi connectivity index (χ3n) is 3.59. The van der Waals surface area contributed by atoms with Crippen LogP contribution in [-0.4, -0.2) is 23.6 Å². The van der Waals surface area contributed by atoms with E-state index in [1.807, 2.05) is 0 Å². The van der Waals surface area contributed by atoms with Crippen LogP contribution in [0, 0.1) is 11.8 Å². The van der Waals surface area contributed by atoms with Gasteiger partial charge in [0.1, 0.15) is 5.84 Å². The minimum Gasteiger partial charge on any atom is -0.409 e. The molecule has 1 saturated carbocycles. The van der Waals surface area contributed by atoms with E-state index in [1.54, 1.807) is 0 Å². The lowest BCUT2D eigenvalue weighted by Crippen LogP contribution is -2.42. The van der Waals surface area contributed by atoms with Crippen LogP contribution in [0.2, 0.25) is 0 Å². The first-order valence-corrected chi connectivity index (χ1v) is 6.35. The molecule has 0 spiro atoms. The summed E-state index contributed by atoms with van der Waals surface area (Å²) >= 11 is 0. The van der Waals surface area contributed by atoms with E-state index in [0.717, 1.165) is 18.4 Å². The Kier molecular flexibility index (Phi) is 5.60. The van der Waals surface area contributed by atoms with Crippen LogP contribution >= 0.6 is 0 Å². The quantitative estimate of drug-likeness (QED) is 0.291. The van der Waals surface area contributed by atoms with Crippen molar-refractivity contribution < 1.29 is 5.21 Å². The van der Waals surface area contributed by atoms with Gasteiger partial charge < -0.3 is 16.3 Å². The number of amidine groups is 1. The summed E-state index contributed by atoms with van der Waals surface area (Å²) in [7, 11) is 0. The summed E-state index contributed by atoms with van der Waals surface area (Å²) in [5.41, 5.74) is 5.44. The summed E-state index contributed by atoms with van der Waals surface area (Å²) in [4.78, 5) is 0. The van der Waals surface area contributed by atoms with Gasteiger partial charge in [-0.3, -0.25) is 0 Å². The first-order valence-electron chi connectivity index (χ1n) is 6.35. The first-order chi connectivity index (χ1) is 7.65. The molecule has 1 fully saturated rings. The van der Waals surface area contributed by atoms with E-state index in [2.05, 4.69) is 24.3 Å². The molecule has 2 atom stereocenters. The number of nitrogens with one attached hydrogen (secondary N) is 1. The second-order valence-corrected chi connectivity index (χ2v) is 5.09. The van der Waals surface area contributed by atoms with Crippen molar-refractivity contribution in [3.05, 3.63) is 0 Å². The van der Waals surface area contributed by atoms with Gasteiger partial charge in [0.05, 0.1) is 0 Å². The van der Waals surface area contributed by atoms with Crippen molar-refractivity contribution in [2.45, 2.75) is 52.0 Å². The highest BCUT2D eigenvalue weighted by atomic mass is 16.4. The zero-order valence-electron chi connectivity index (χ0n) is 10.4. The van der Waals surface area contributed by atoms with E-state index in [9.17, 15) is 0 Å². The van der Waals surface area contributed by atoms with Gasteiger partial charge in [-0.05, 0) is 24.7 Å². The summed E-state index contributed by atoms with van der Waals surface area (Å²) in [6.45, 7) is 5.41. The van der Waals surface area contributed by atoms with Crippen LogP contribution in [0.3, 0.4) is 0 Å². The van der Waals surface area contributed by atoms with Crippen LogP contribution in [-0.2, 0) is 0 Å². The van der Waals surface area contributed by atoms with Gasteiger partial charge >= 0.3 is 0 Å². The molecular formula is C12H25N3O. The Morgan fingerprint density at radius 1 is 1.44 bits per heavy atom. The molecule has 4 heteroatoms. The van der Waals surface area contributed by atoms with Gasteiger partial charge in [-0.15, -0.1) is 0 Å². The van der Waals surface area contributed by atoms with Crippen molar-refractivity contribution >= 4 is 5.84 Å². The van der Waals surface area contributed by atoms with E-state index in [1.165, 1.54) is 25.7 Å². The topological polar surface area (TPSA) is 70.6 Å². The molecule has 0 aromatic carbocycles. The van der Waals surface area contributed by atoms with E-state index in [4.69, 9.17) is 10.9 Å². The summed E-state index contributed by atoms with van der Waals surface area (Å²) in [6.07, 6.45) is 5.90. The molecule has 0 radical (unpaired) electrons. The highest BCUT2D eigenvalue weighted by Crippen LogP contribution is 2.29. The predicted octanol–water partition coefficient (Wildman–Crippen LogP) is 1.93. The van der Waals surface area contributed by atoms with Gasteiger partial charge in [-0.1, -0.05) is 31.8 Å². The van der Waals surface area contributed by atoms with Crippen molar-refractivity contribution in [2.75, 3.05) is 6.54 Å². The van der Waals surface area contributed by atoms with Gasteiger partial charge in [0.25, 0.3) is 0 Å². The van der Waals surface area contributed by atoms with Crippen LogP contribution in [0.15, 0.2) is 5.16 Å². The lowest BCUT2D eigenvalue weighted by Gasteiger charge is -2.35. The molecule has 0 bridgehead atoms. The Bertz CT molecular complexity index is 228. The molecule has 0 heterocycles. The van der Waals surface area contributed by atoms with Crippen molar-refractivity contribution in [2.24, 2.45) is 22.7 Å². The van der Waals surface area contributed by atoms with E-state index < -0.39 is 0 Å². The summed E-state index contributed by atoms with van der Waals surface area (Å²) < 4.78 is 0. The molecule has 4 nitrogen and oxygen atoms in total. The normalized spacial score (nSPS) is 27.3. The molecule has 0 amide bonds. The average molecular weight is 227 g/mol. The molecule has 0 aromatic heterocycles. The van der Waals surface area contributed by atoms with Gasteiger partial charge in [0.15, 0.2) is 0 Å². The van der Waals surface area contributed by atoms with Gasteiger partial charge in [-0.25, -0.2) is 0 Å². The number of rotatable bonds is 5. The molecule has 1 aliphatic rings. The summed E-state index contributed by atoms with van der Waals surface area (Å²) in [5.74, 6) is 1.83. The van der Waals surface area contributed by atoms with Crippen LogP contribution in [0.5, 0.6) is 0 Å². The Balaban J connectivity index is 2.32. The van der Waals surface area contributed by atoms with E-state index in [0.29, 0.717) is 18.3 Å². The SMILES string of the molecule is CC(C)C1CCCCC1NCCC(N)=NO. The fraction of sp³-hybridized carbons (Fsp3) is 0.917. The largest absolute Gasteiger partial charge is 0.409 e. The zero-order valence-corrected chi connectivity index (χ0v) is 10.4. The molecule has 0 saturated heterocycles. The predicted molar refractivity (Wildman–Crippen MR) is 66.6 cm³/mol. The van der Waals surface area contributed by atoms with Gasteiger partial charge in [-0.2, -0.15) is 0 Å². The molecule has 1 aliphatic carbocycles. The second kappa shape index (κ2) is 6.74. The summed E-state index contributed by atoms with van der Waals surface area (Å²) in [6, 6.07) is 0.611. The van der Waals surface area contributed by atoms with Gasteiger partial charge in [0, 0.05) is 19.0 Å². The Labute approximate surface area is 98.3 Å². The third kappa shape index (κ3) is 4.00. The molecular weight excluding hydrogens is 202 g/mol. The van der Waals surface area contributed by atoms with Crippen molar-refractivity contribution in [3.8, 4) is 0 Å². The fourth-order valence-electron chi connectivity index (χ4n) is 2.65. The number of nitrogens with zero attached hydrogens (tertiary/aromatic N) is 1. The first kappa shape index (κ1) is 13.3. The monoisotopic (exact) mass is 227 g/mol. The Morgan fingerprint density at radius 3 is 2.75 bits per heavy atom. The molecule has 94 valence electrons.